The molecule has 1 aliphatic rings. The number of imide groups is 1. The predicted molar refractivity (Wildman–Crippen MR) is 119 cm³/mol. The summed E-state index contributed by atoms with van der Waals surface area (Å²) in [6.45, 7) is 6.22. The quantitative estimate of drug-likeness (QED) is 0.567. The number of amides is 2. The van der Waals surface area contributed by atoms with Gasteiger partial charge in [0.05, 0.1) is 11.3 Å². The molecule has 4 rings (SSSR count). The van der Waals surface area contributed by atoms with Gasteiger partial charge in [-0.05, 0) is 59.7 Å². The van der Waals surface area contributed by atoms with Crippen LogP contribution in [0.2, 0.25) is 0 Å². The minimum Gasteiger partial charge on any atom is -0.350 e. The zero-order chi connectivity index (χ0) is 20.5. The molecular formula is C24H22N2O2S. The van der Waals surface area contributed by atoms with Crippen LogP contribution in [0.25, 0.3) is 5.57 Å². The lowest BCUT2D eigenvalue weighted by Crippen LogP contribution is -2.32. The van der Waals surface area contributed by atoms with Crippen LogP contribution < -0.4 is 10.2 Å². The third-order valence-corrected chi connectivity index (χ3v) is 5.84. The highest BCUT2D eigenvalue weighted by atomic mass is 32.1. The van der Waals surface area contributed by atoms with E-state index in [9.17, 15) is 9.59 Å². The first-order valence-electron chi connectivity index (χ1n) is 9.56. The minimum atomic E-state index is -0.336. The minimum absolute atomic E-state index is 0.301. The maximum atomic E-state index is 13.3. The van der Waals surface area contributed by atoms with Crippen molar-refractivity contribution < 1.29 is 9.59 Å². The molecular weight excluding hydrogens is 380 g/mol. The Hall–Kier alpha value is -3.18. The Labute approximate surface area is 174 Å². The molecule has 0 aliphatic carbocycles. The third-order valence-electron chi connectivity index (χ3n) is 4.96. The smallest absolute Gasteiger partial charge is 0.282 e. The number of nitrogens with one attached hydrogen (secondary N) is 1. The van der Waals surface area contributed by atoms with Gasteiger partial charge in [0.15, 0.2) is 0 Å². The molecule has 146 valence electrons. The van der Waals surface area contributed by atoms with E-state index in [2.05, 4.69) is 19.2 Å². The summed E-state index contributed by atoms with van der Waals surface area (Å²) in [6, 6.07) is 19.1. The molecule has 0 atom stereocenters. The van der Waals surface area contributed by atoms with Crippen LogP contribution >= 0.6 is 11.3 Å². The summed E-state index contributed by atoms with van der Waals surface area (Å²) in [5.74, 6) is -0.255. The van der Waals surface area contributed by atoms with Gasteiger partial charge in [-0.3, -0.25) is 9.59 Å². The maximum absolute atomic E-state index is 13.3. The molecule has 2 amide bonds. The van der Waals surface area contributed by atoms with E-state index in [1.165, 1.54) is 16.2 Å². The van der Waals surface area contributed by atoms with E-state index in [1.807, 2.05) is 73.0 Å². The van der Waals surface area contributed by atoms with E-state index >= 15 is 0 Å². The van der Waals surface area contributed by atoms with Gasteiger partial charge in [0.25, 0.3) is 11.8 Å². The van der Waals surface area contributed by atoms with E-state index in [1.54, 1.807) is 0 Å². The molecule has 0 unspecified atom stereocenters. The summed E-state index contributed by atoms with van der Waals surface area (Å²) in [5.41, 5.74) is 4.34. The fourth-order valence-corrected chi connectivity index (χ4v) is 4.17. The second-order valence-corrected chi connectivity index (χ2v) is 8.36. The molecule has 4 nitrogen and oxygen atoms in total. The molecule has 0 fully saturated rings. The number of anilines is 2. The van der Waals surface area contributed by atoms with Crippen LogP contribution in [-0.4, -0.2) is 11.8 Å². The van der Waals surface area contributed by atoms with Crippen LogP contribution in [0.4, 0.5) is 11.4 Å². The van der Waals surface area contributed by atoms with Crippen LogP contribution in [0.1, 0.15) is 35.8 Å². The lowest BCUT2D eigenvalue weighted by molar-refractivity contribution is -0.120. The lowest BCUT2D eigenvalue weighted by atomic mass is 10.0. The number of carbonyl (C=O) groups is 2. The number of thiophene rings is 1. The van der Waals surface area contributed by atoms with Gasteiger partial charge in [0, 0.05) is 10.6 Å². The largest absolute Gasteiger partial charge is 0.350 e. The molecule has 5 heteroatoms. The molecule has 3 aromatic rings. The third kappa shape index (κ3) is 3.61. The average molecular weight is 403 g/mol. The Morgan fingerprint density at radius 2 is 1.69 bits per heavy atom. The van der Waals surface area contributed by atoms with E-state index in [-0.39, 0.29) is 11.8 Å². The highest BCUT2D eigenvalue weighted by Gasteiger charge is 2.40. The molecule has 1 aromatic heterocycles. The number of hydrogen-bond acceptors (Lipinski definition) is 4. The molecule has 1 N–H and O–H groups in total. The monoisotopic (exact) mass is 402 g/mol. The van der Waals surface area contributed by atoms with Gasteiger partial charge in [0.1, 0.15) is 5.70 Å². The van der Waals surface area contributed by atoms with Crippen LogP contribution in [0, 0.1) is 6.92 Å². The van der Waals surface area contributed by atoms with Crippen LogP contribution in [0.15, 0.2) is 71.7 Å². The van der Waals surface area contributed by atoms with Crippen molar-refractivity contribution >= 4 is 40.1 Å². The topological polar surface area (TPSA) is 49.4 Å². The molecule has 0 bridgehead atoms. The van der Waals surface area contributed by atoms with Gasteiger partial charge in [-0.25, -0.2) is 4.90 Å². The van der Waals surface area contributed by atoms with Crippen LogP contribution in [0.5, 0.6) is 0 Å². The fraction of sp³-hybridized carbons (Fsp3) is 0.167. The molecule has 2 heterocycles. The van der Waals surface area contributed by atoms with E-state index in [0.29, 0.717) is 22.9 Å². The zero-order valence-electron chi connectivity index (χ0n) is 16.6. The molecule has 0 spiro atoms. The average Bonchev–Trinajstić information content (AvgIpc) is 3.29. The lowest BCUT2D eigenvalue weighted by Gasteiger charge is -2.16. The molecule has 29 heavy (non-hydrogen) atoms. The van der Waals surface area contributed by atoms with E-state index < -0.39 is 0 Å². The highest BCUT2D eigenvalue weighted by Crippen LogP contribution is 2.36. The summed E-state index contributed by atoms with van der Waals surface area (Å²) in [6.07, 6.45) is 0. The Morgan fingerprint density at radius 1 is 0.931 bits per heavy atom. The Bertz CT molecular complexity index is 1100. The van der Waals surface area contributed by atoms with E-state index in [4.69, 9.17) is 0 Å². The van der Waals surface area contributed by atoms with Gasteiger partial charge in [0.2, 0.25) is 0 Å². The summed E-state index contributed by atoms with van der Waals surface area (Å²) in [4.78, 5) is 28.7. The van der Waals surface area contributed by atoms with Gasteiger partial charge in [-0.15, -0.1) is 11.3 Å². The Morgan fingerprint density at radius 3 is 2.31 bits per heavy atom. The standard InChI is InChI=1S/C24H22N2O2S/c1-15(2)17-9-11-19(12-10-17)26-23(27)21(20-8-5-13-29-20)22(24(26)28)25-18-7-4-6-16(3)14-18/h4-15,25H,1-3H3. The fourth-order valence-electron chi connectivity index (χ4n) is 3.41. The Balaban J connectivity index is 1.75. The summed E-state index contributed by atoms with van der Waals surface area (Å²) < 4.78 is 0. The molecule has 0 saturated carbocycles. The molecule has 0 radical (unpaired) electrons. The SMILES string of the molecule is Cc1cccc(NC2=C(c3cccs3)C(=O)N(c3ccc(C(C)C)cc3)C2=O)c1. The van der Waals surface area contributed by atoms with Crippen molar-refractivity contribution in [3.05, 3.63) is 87.7 Å². The zero-order valence-corrected chi connectivity index (χ0v) is 17.4. The second kappa shape index (κ2) is 7.68. The van der Waals surface area contributed by atoms with Crippen molar-refractivity contribution in [1.29, 1.82) is 0 Å². The predicted octanol–water partition coefficient (Wildman–Crippen LogP) is 5.58. The van der Waals surface area contributed by atoms with Crippen molar-refractivity contribution in [3.8, 4) is 0 Å². The molecule has 0 saturated heterocycles. The second-order valence-electron chi connectivity index (χ2n) is 7.41. The van der Waals surface area contributed by atoms with Crippen molar-refractivity contribution in [1.82, 2.24) is 0 Å². The Kier molecular flexibility index (Phi) is 5.07. The van der Waals surface area contributed by atoms with Crippen molar-refractivity contribution in [2.45, 2.75) is 26.7 Å². The van der Waals surface area contributed by atoms with Gasteiger partial charge < -0.3 is 5.32 Å². The molecule has 2 aromatic carbocycles. The van der Waals surface area contributed by atoms with Crippen molar-refractivity contribution in [2.24, 2.45) is 0 Å². The first kappa shape index (κ1) is 19.2. The maximum Gasteiger partial charge on any atom is 0.282 e. The first-order valence-corrected chi connectivity index (χ1v) is 10.4. The summed E-state index contributed by atoms with van der Waals surface area (Å²) in [5, 5.41) is 5.11. The summed E-state index contributed by atoms with van der Waals surface area (Å²) >= 11 is 1.45. The van der Waals surface area contributed by atoms with Gasteiger partial charge in [-0.1, -0.05) is 44.2 Å². The number of carbonyl (C=O) groups excluding carboxylic acids is 2. The summed E-state index contributed by atoms with van der Waals surface area (Å²) in [7, 11) is 0. The number of aryl methyl sites for hydroxylation is 1. The van der Waals surface area contributed by atoms with Gasteiger partial charge in [-0.2, -0.15) is 0 Å². The number of rotatable bonds is 5. The van der Waals surface area contributed by atoms with Crippen LogP contribution in [-0.2, 0) is 9.59 Å². The van der Waals surface area contributed by atoms with Gasteiger partial charge >= 0.3 is 0 Å². The number of benzene rings is 2. The highest BCUT2D eigenvalue weighted by molar-refractivity contribution is 7.11. The number of hydrogen-bond donors (Lipinski definition) is 1. The van der Waals surface area contributed by atoms with Crippen LogP contribution in [0.3, 0.4) is 0 Å². The van der Waals surface area contributed by atoms with E-state index in [0.717, 1.165) is 21.7 Å². The first-order chi connectivity index (χ1) is 14.0. The van der Waals surface area contributed by atoms with Crippen molar-refractivity contribution in [3.63, 3.8) is 0 Å². The normalized spacial score (nSPS) is 14.3. The number of nitrogens with zero attached hydrogens (tertiary/aromatic N) is 1. The van der Waals surface area contributed by atoms with Crippen molar-refractivity contribution in [2.75, 3.05) is 10.2 Å². The molecule has 1 aliphatic heterocycles.